The standard InChI is InChI=1S/C20H18O/c1-15-7-5-6-10-19(15)20(21)18-13-11-17(12-14-18)16-8-3-2-4-9-16/h2-14,20-21H,1H3. The molecule has 0 aliphatic heterocycles. The third-order valence-electron chi connectivity index (χ3n) is 3.82. The van der Waals surface area contributed by atoms with Crippen molar-refractivity contribution in [3.8, 4) is 11.1 Å². The van der Waals surface area contributed by atoms with E-state index in [1.807, 2.05) is 61.5 Å². The van der Waals surface area contributed by atoms with Crippen molar-refractivity contribution < 1.29 is 5.11 Å². The second-order valence-corrected chi connectivity index (χ2v) is 5.25. The van der Waals surface area contributed by atoms with Gasteiger partial charge in [-0.25, -0.2) is 0 Å². The predicted molar refractivity (Wildman–Crippen MR) is 87.1 cm³/mol. The van der Waals surface area contributed by atoms with Gasteiger partial charge in [-0.1, -0.05) is 78.9 Å². The lowest BCUT2D eigenvalue weighted by Gasteiger charge is -2.14. The van der Waals surface area contributed by atoms with Gasteiger partial charge < -0.3 is 5.11 Å². The maximum Gasteiger partial charge on any atom is 0.104 e. The van der Waals surface area contributed by atoms with E-state index < -0.39 is 6.10 Å². The number of aryl methyl sites for hydroxylation is 1. The summed E-state index contributed by atoms with van der Waals surface area (Å²) in [5, 5.41) is 10.5. The molecule has 0 aliphatic rings. The van der Waals surface area contributed by atoms with Crippen molar-refractivity contribution in [2.75, 3.05) is 0 Å². The third kappa shape index (κ3) is 2.88. The molecule has 1 N–H and O–H groups in total. The Morgan fingerprint density at radius 2 is 1.24 bits per heavy atom. The largest absolute Gasteiger partial charge is 0.384 e. The Kier molecular flexibility index (Phi) is 3.85. The summed E-state index contributed by atoms with van der Waals surface area (Å²) in [5.74, 6) is 0. The first-order chi connectivity index (χ1) is 10.3. The predicted octanol–water partition coefficient (Wildman–Crippen LogP) is 4.74. The molecule has 1 nitrogen and oxygen atoms in total. The molecule has 1 unspecified atom stereocenters. The van der Waals surface area contributed by atoms with Crippen LogP contribution in [0.2, 0.25) is 0 Å². The maximum atomic E-state index is 10.5. The zero-order valence-electron chi connectivity index (χ0n) is 12.0. The second kappa shape index (κ2) is 5.94. The molecule has 0 heterocycles. The first kappa shape index (κ1) is 13.6. The van der Waals surface area contributed by atoms with Crippen molar-refractivity contribution in [1.29, 1.82) is 0 Å². The van der Waals surface area contributed by atoms with Gasteiger partial charge in [0.1, 0.15) is 6.10 Å². The molecule has 104 valence electrons. The molecule has 0 aromatic heterocycles. The maximum absolute atomic E-state index is 10.5. The number of aliphatic hydroxyl groups is 1. The van der Waals surface area contributed by atoms with Gasteiger partial charge in [0.05, 0.1) is 0 Å². The van der Waals surface area contributed by atoms with Crippen LogP contribution >= 0.6 is 0 Å². The van der Waals surface area contributed by atoms with Gasteiger partial charge in [0, 0.05) is 0 Å². The quantitative estimate of drug-likeness (QED) is 0.731. The highest BCUT2D eigenvalue weighted by molar-refractivity contribution is 5.63. The molecule has 0 radical (unpaired) electrons. The first-order valence-electron chi connectivity index (χ1n) is 7.14. The SMILES string of the molecule is Cc1ccccc1C(O)c1ccc(-c2ccccc2)cc1. The van der Waals surface area contributed by atoms with Crippen LogP contribution in [0.4, 0.5) is 0 Å². The van der Waals surface area contributed by atoms with Crippen molar-refractivity contribution >= 4 is 0 Å². The Labute approximate surface area is 125 Å². The van der Waals surface area contributed by atoms with Crippen LogP contribution in [0, 0.1) is 6.92 Å². The fourth-order valence-electron chi connectivity index (χ4n) is 2.56. The molecular weight excluding hydrogens is 256 g/mol. The van der Waals surface area contributed by atoms with E-state index in [1.54, 1.807) is 0 Å². The fraction of sp³-hybridized carbons (Fsp3) is 0.100. The normalized spacial score (nSPS) is 12.1. The molecule has 3 aromatic rings. The number of hydrogen-bond donors (Lipinski definition) is 1. The van der Waals surface area contributed by atoms with Crippen LogP contribution in [-0.2, 0) is 0 Å². The van der Waals surface area contributed by atoms with Gasteiger partial charge >= 0.3 is 0 Å². The van der Waals surface area contributed by atoms with E-state index in [1.165, 1.54) is 5.56 Å². The van der Waals surface area contributed by atoms with Gasteiger partial charge in [-0.2, -0.15) is 0 Å². The Hall–Kier alpha value is -2.38. The first-order valence-corrected chi connectivity index (χ1v) is 7.14. The summed E-state index contributed by atoms with van der Waals surface area (Å²) in [6.45, 7) is 2.02. The summed E-state index contributed by atoms with van der Waals surface area (Å²) in [7, 11) is 0. The van der Waals surface area contributed by atoms with Crippen molar-refractivity contribution in [3.63, 3.8) is 0 Å². The van der Waals surface area contributed by atoms with Crippen LogP contribution in [0.15, 0.2) is 78.9 Å². The van der Waals surface area contributed by atoms with E-state index in [0.29, 0.717) is 0 Å². The molecule has 0 saturated carbocycles. The average molecular weight is 274 g/mol. The molecular formula is C20H18O. The van der Waals surface area contributed by atoms with Crippen molar-refractivity contribution in [3.05, 3.63) is 95.6 Å². The molecule has 3 aromatic carbocycles. The van der Waals surface area contributed by atoms with Crippen LogP contribution in [0.5, 0.6) is 0 Å². The second-order valence-electron chi connectivity index (χ2n) is 5.25. The van der Waals surface area contributed by atoms with Gasteiger partial charge in [-0.3, -0.25) is 0 Å². The molecule has 0 fully saturated rings. The van der Waals surface area contributed by atoms with E-state index in [4.69, 9.17) is 0 Å². The van der Waals surface area contributed by atoms with Crippen molar-refractivity contribution in [2.24, 2.45) is 0 Å². The molecule has 0 amide bonds. The topological polar surface area (TPSA) is 20.2 Å². The molecule has 1 atom stereocenters. The zero-order chi connectivity index (χ0) is 14.7. The van der Waals surface area contributed by atoms with Crippen LogP contribution in [0.1, 0.15) is 22.8 Å². The summed E-state index contributed by atoms with van der Waals surface area (Å²) < 4.78 is 0. The number of hydrogen-bond acceptors (Lipinski definition) is 1. The summed E-state index contributed by atoms with van der Waals surface area (Å²) in [5.41, 5.74) is 5.34. The lowest BCUT2D eigenvalue weighted by molar-refractivity contribution is 0.219. The minimum Gasteiger partial charge on any atom is -0.384 e. The third-order valence-corrected chi connectivity index (χ3v) is 3.82. The van der Waals surface area contributed by atoms with Crippen molar-refractivity contribution in [1.82, 2.24) is 0 Å². The molecule has 0 spiro atoms. The molecule has 0 aliphatic carbocycles. The summed E-state index contributed by atoms with van der Waals surface area (Å²) in [4.78, 5) is 0. The highest BCUT2D eigenvalue weighted by Gasteiger charge is 2.12. The van der Waals surface area contributed by atoms with E-state index in [-0.39, 0.29) is 0 Å². The Morgan fingerprint density at radius 1 is 0.667 bits per heavy atom. The van der Waals surface area contributed by atoms with Crippen LogP contribution in [0.3, 0.4) is 0 Å². The van der Waals surface area contributed by atoms with E-state index in [9.17, 15) is 5.11 Å². The van der Waals surface area contributed by atoms with E-state index in [0.717, 1.165) is 22.3 Å². The minimum absolute atomic E-state index is 0.573. The molecule has 0 saturated heterocycles. The van der Waals surface area contributed by atoms with Crippen LogP contribution < -0.4 is 0 Å². The zero-order valence-corrected chi connectivity index (χ0v) is 12.0. The highest BCUT2D eigenvalue weighted by atomic mass is 16.3. The van der Waals surface area contributed by atoms with Crippen LogP contribution in [-0.4, -0.2) is 5.11 Å². The van der Waals surface area contributed by atoms with Gasteiger partial charge in [-0.05, 0) is 34.7 Å². The Morgan fingerprint density at radius 3 is 1.90 bits per heavy atom. The smallest absolute Gasteiger partial charge is 0.104 e. The Bertz CT molecular complexity index is 714. The lowest BCUT2D eigenvalue weighted by atomic mass is 9.96. The van der Waals surface area contributed by atoms with Gasteiger partial charge in [-0.15, -0.1) is 0 Å². The molecule has 1 heteroatoms. The number of aliphatic hydroxyl groups excluding tert-OH is 1. The van der Waals surface area contributed by atoms with Crippen molar-refractivity contribution in [2.45, 2.75) is 13.0 Å². The number of benzene rings is 3. The highest BCUT2D eigenvalue weighted by Crippen LogP contribution is 2.27. The number of rotatable bonds is 3. The minimum atomic E-state index is -0.573. The fourth-order valence-corrected chi connectivity index (χ4v) is 2.56. The lowest BCUT2D eigenvalue weighted by Crippen LogP contribution is -2.01. The Balaban J connectivity index is 1.89. The average Bonchev–Trinajstić information content (AvgIpc) is 2.56. The summed E-state index contributed by atoms with van der Waals surface area (Å²) in [6, 6.07) is 26.3. The van der Waals surface area contributed by atoms with Crippen LogP contribution in [0.25, 0.3) is 11.1 Å². The monoisotopic (exact) mass is 274 g/mol. The summed E-state index contributed by atoms with van der Waals surface area (Å²) in [6.07, 6.45) is -0.573. The van der Waals surface area contributed by atoms with E-state index in [2.05, 4.69) is 24.3 Å². The van der Waals surface area contributed by atoms with Gasteiger partial charge in [0.15, 0.2) is 0 Å². The van der Waals surface area contributed by atoms with Gasteiger partial charge in [0.25, 0.3) is 0 Å². The molecule has 3 rings (SSSR count). The van der Waals surface area contributed by atoms with E-state index >= 15 is 0 Å². The molecule has 0 bridgehead atoms. The summed E-state index contributed by atoms with van der Waals surface area (Å²) >= 11 is 0. The van der Waals surface area contributed by atoms with Gasteiger partial charge in [0.2, 0.25) is 0 Å². The molecule has 21 heavy (non-hydrogen) atoms.